The van der Waals surface area contributed by atoms with E-state index in [0.717, 1.165) is 4.90 Å². The van der Waals surface area contributed by atoms with Crippen LogP contribution in [0.5, 0.6) is 0 Å². The molecule has 0 heterocycles. The zero-order valence-corrected chi connectivity index (χ0v) is 11.5. The molecule has 0 aliphatic heterocycles. The number of carboxylic acid groups (broad SMARTS) is 1. The molecule has 1 aromatic carbocycles. The Kier molecular flexibility index (Phi) is 5.04. The van der Waals surface area contributed by atoms with Crippen molar-refractivity contribution in [3.63, 3.8) is 0 Å². The first-order chi connectivity index (χ1) is 9.13. The predicted molar refractivity (Wildman–Crippen MR) is 67.5 cm³/mol. The van der Waals surface area contributed by atoms with Crippen molar-refractivity contribution in [3.05, 3.63) is 29.8 Å². The van der Waals surface area contributed by atoms with Gasteiger partial charge in [-0.15, -0.1) is 0 Å². The van der Waals surface area contributed by atoms with Gasteiger partial charge in [-0.2, -0.15) is 13.2 Å². The second-order valence-corrected chi connectivity index (χ2v) is 5.08. The summed E-state index contributed by atoms with van der Waals surface area (Å²) in [6, 6.07) is 4.08. The summed E-state index contributed by atoms with van der Waals surface area (Å²) in [5.41, 5.74) is -4.70. The quantitative estimate of drug-likeness (QED) is 0.869. The van der Waals surface area contributed by atoms with Crippen LogP contribution in [-0.2, 0) is 4.79 Å². The zero-order valence-electron chi connectivity index (χ0n) is 10.6. The molecule has 0 spiro atoms. The molecule has 1 rings (SSSR count). The first-order valence-corrected chi connectivity index (χ1v) is 6.30. The van der Waals surface area contributed by atoms with Gasteiger partial charge in [-0.25, -0.2) is 4.79 Å². The molecular formula is C12H12F3NO3S. The molecule has 0 aromatic heterocycles. The van der Waals surface area contributed by atoms with Crippen molar-refractivity contribution in [1.29, 1.82) is 0 Å². The van der Waals surface area contributed by atoms with Crippen LogP contribution >= 0.6 is 11.8 Å². The van der Waals surface area contributed by atoms with Crippen LogP contribution in [0.1, 0.15) is 17.3 Å². The summed E-state index contributed by atoms with van der Waals surface area (Å²) in [6.07, 6.45) is 0. The van der Waals surface area contributed by atoms with E-state index in [2.05, 4.69) is 0 Å². The normalized spacial score (nSPS) is 12.8. The number of amides is 1. The molecule has 110 valence electrons. The van der Waals surface area contributed by atoms with Crippen molar-refractivity contribution in [2.24, 2.45) is 0 Å². The van der Waals surface area contributed by atoms with Crippen molar-refractivity contribution >= 4 is 23.6 Å². The third kappa shape index (κ3) is 4.16. The fraction of sp³-hybridized carbons (Fsp3) is 0.333. The summed E-state index contributed by atoms with van der Waals surface area (Å²) >= 11 is -0.402. The number of hydrogen-bond donors (Lipinski definition) is 1. The summed E-state index contributed by atoms with van der Waals surface area (Å²) in [7, 11) is 1.23. The van der Waals surface area contributed by atoms with Gasteiger partial charge in [0.05, 0.1) is 5.56 Å². The Hall–Kier alpha value is -1.70. The average molecular weight is 307 g/mol. The molecule has 1 aromatic rings. The van der Waals surface area contributed by atoms with Gasteiger partial charge in [-0.3, -0.25) is 4.79 Å². The number of benzene rings is 1. The Balaban J connectivity index is 3.07. The first kappa shape index (κ1) is 16.4. The lowest BCUT2D eigenvalue weighted by atomic mass is 10.2. The topological polar surface area (TPSA) is 57.6 Å². The minimum atomic E-state index is -4.52. The minimum Gasteiger partial charge on any atom is -0.480 e. The number of hydrogen-bond acceptors (Lipinski definition) is 3. The van der Waals surface area contributed by atoms with Gasteiger partial charge in [0.1, 0.15) is 6.04 Å². The SMILES string of the molecule is CC(C(=O)O)N(C)C(=O)c1ccccc1SC(F)(F)F. The van der Waals surface area contributed by atoms with E-state index in [1.165, 1.54) is 38.2 Å². The zero-order chi connectivity index (χ0) is 15.5. The van der Waals surface area contributed by atoms with E-state index in [1.807, 2.05) is 0 Å². The number of carboxylic acids is 1. The highest BCUT2D eigenvalue weighted by molar-refractivity contribution is 8.00. The second kappa shape index (κ2) is 6.17. The van der Waals surface area contributed by atoms with Gasteiger partial charge in [0.2, 0.25) is 0 Å². The Morgan fingerprint density at radius 2 is 1.85 bits per heavy atom. The molecule has 8 heteroatoms. The Bertz CT molecular complexity index is 519. The lowest BCUT2D eigenvalue weighted by molar-refractivity contribution is -0.141. The van der Waals surface area contributed by atoms with E-state index in [-0.39, 0.29) is 10.5 Å². The van der Waals surface area contributed by atoms with E-state index < -0.39 is 35.2 Å². The van der Waals surface area contributed by atoms with Crippen LogP contribution < -0.4 is 0 Å². The Morgan fingerprint density at radius 3 is 2.35 bits per heavy atom. The summed E-state index contributed by atoms with van der Waals surface area (Å²) < 4.78 is 37.2. The van der Waals surface area contributed by atoms with Crippen molar-refractivity contribution in [2.75, 3.05) is 7.05 Å². The number of alkyl halides is 3. The fourth-order valence-corrected chi connectivity index (χ4v) is 2.05. The molecule has 0 saturated carbocycles. The summed E-state index contributed by atoms with van der Waals surface area (Å²) in [5, 5.41) is 8.82. The number of nitrogens with zero attached hydrogens (tertiary/aromatic N) is 1. The van der Waals surface area contributed by atoms with Gasteiger partial charge in [-0.05, 0) is 30.8 Å². The largest absolute Gasteiger partial charge is 0.480 e. The molecule has 20 heavy (non-hydrogen) atoms. The van der Waals surface area contributed by atoms with E-state index in [9.17, 15) is 22.8 Å². The van der Waals surface area contributed by atoms with Crippen molar-refractivity contribution in [3.8, 4) is 0 Å². The maximum atomic E-state index is 12.4. The first-order valence-electron chi connectivity index (χ1n) is 5.48. The molecule has 4 nitrogen and oxygen atoms in total. The summed E-state index contributed by atoms with van der Waals surface area (Å²) in [6.45, 7) is 1.28. The van der Waals surface area contributed by atoms with Crippen molar-refractivity contribution in [2.45, 2.75) is 23.4 Å². The van der Waals surface area contributed by atoms with Crippen LogP contribution in [0.3, 0.4) is 0 Å². The van der Waals surface area contributed by atoms with Crippen LogP contribution in [0.4, 0.5) is 13.2 Å². The van der Waals surface area contributed by atoms with Gasteiger partial charge >= 0.3 is 11.5 Å². The molecule has 0 radical (unpaired) electrons. The molecule has 1 atom stereocenters. The monoisotopic (exact) mass is 307 g/mol. The Morgan fingerprint density at radius 1 is 1.30 bits per heavy atom. The van der Waals surface area contributed by atoms with Gasteiger partial charge < -0.3 is 10.0 Å². The van der Waals surface area contributed by atoms with E-state index in [0.29, 0.717) is 0 Å². The number of carbonyl (C=O) groups excluding carboxylic acids is 1. The van der Waals surface area contributed by atoms with Crippen LogP contribution in [0, 0.1) is 0 Å². The average Bonchev–Trinajstić information content (AvgIpc) is 2.34. The Labute approximate surface area is 117 Å². The van der Waals surface area contributed by atoms with Crippen LogP contribution in [0.15, 0.2) is 29.2 Å². The van der Waals surface area contributed by atoms with Crippen LogP contribution in [0.25, 0.3) is 0 Å². The maximum Gasteiger partial charge on any atom is 0.446 e. The minimum absolute atomic E-state index is 0.176. The fourth-order valence-electron chi connectivity index (χ4n) is 1.39. The van der Waals surface area contributed by atoms with Crippen LogP contribution in [-0.4, -0.2) is 40.5 Å². The number of likely N-dealkylation sites (N-methyl/N-ethyl adjacent to an activating group) is 1. The summed E-state index contributed by atoms with van der Waals surface area (Å²) in [4.78, 5) is 23.5. The van der Waals surface area contributed by atoms with Crippen molar-refractivity contribution < 1.29 is 27.9 Å². The molecule has 0 saturated heterocycles. The van der Waals surface area contributed by atoms with E-state index >= 15 is 0 Å². The van der Waals surface area contributed by atoms with E-state index in [1.54, 1.807) is 0 Å². The van der Waals surface area contributed by atoms with Gasteiger partial charge in [0.25, 0.3) is 5.91 Å². The standard InChI is InChI=1S/C12H12F3NO3S/c1-7(11(18)19)16(2)10(17)8-5-3-4-6-9(8)20-12(13,14)15/h3-7H,1-2H3,(H,18,19). The third-order valence-corrected chi connectivity index (χ3v) is 3.41. The lowest BCUT2D eigenvalue weighted by Crippen LogP contribution is -2.40. The summed E-state index contributed by atoms with van der Waals surface area (Å²) in [5.74, 6) is -2.01. The molecule has 1 N–H and O–H groups in total. The number of halogens is 3. The third-order valence-electron chi connectivity index (χ3n) is 2.60. The number of thioether (sulfide) groups is 1. The number of rotatable bonds is 4. The molecule has 0 fully saturated rings. The number of aliphatic carboxylic acids is 1. The van der Waals surface area contributed by atoms with Gasteiger partial charge in [0.15, 0.2) is 0 Å². The molecule has 0 aliphatic rings. The van der Waals surface area contributed by atoms with E-state index in [4.69, 9.17) is 5.11 Å². The number of carbonyl (C=O) groups is 2. The maximum absolute atomic E-state index is 12.4. The lowest BCUT2D eigenvalue weighted by Gasteiger charge is -2.22. The van der Waals surface area contributed by atoms with Gasteiger partial charge in [0, 0.05) is 11.9 Å². The molecular weight excluding hydrogens is 295 g/mol. The highest BCUT2D eigenvalue weighted by atomic mass is 32.2. The molecule has 0 aliphatic carbocycles. The molecule has 1 amide bonds. The predicted octanol–water partition coefficient (Wildman–Crippen LogP) is 2.84. The highest BCUT2D eigenvalue weighted by Gasteiger charge is 2.32. The smallest absolute Gasteiger partial charge is 0.446 e. The highest BCUT2D eigenvalue weighted by Crippen LogP contribution is 2.38. The molecule has 1 unspecified atom stereocenters. The second-order valence-electron chi connectivity index (χ2n) is 3.97. The van der Waals surface area contributed by atoms with Gasteiger partial charge in [-0.1, -0.05) is 12.1 Å². The molecule has 0 bridgehead atoms. The van der Waals surface area contributed by atoms with Crippen molar-refractivity contribution in [1.82, 2.24) is 4.90 Å². The van der Waals surface area contributed by atoms with Crippen LogP contribution in [0.2, 0.25) is 0 Å².